The molecule has 0 aliphatic carbocycles. The highest BCUT2D eigenvalue weighted by Gasteiger charge is 2.40. The Bertz CT molecular complexity index is 1810. The van der Waals surface area contributed by atoms with E-state index in [1.54, 1.807) is 18.2 Å². The molecule has 1 fully saturated rings. The van der Waals surface area contributed by atoms with Crippen LogP contribution in [0.3, 0.4) is 0 Å². The number of rotatable bonds is 7. The van der Waals surface area contributed by atoms with Gasteiger partial charge in [0.1, 0.15) is 18.8 Å². The number of alkyl halides is 4. The molecule has 5 rings (SSSR count). The van der Waals surface area contributed by atoms with Crippen molar-refractivity contribution in [2.24, 2.45) is 5.73 Å². The molecule has 2 aromatic heterocycles. The summed E-state index contributed by atoms with van der Waals surface area (Å²) < 4.78 is 59.9. The van der Waals surface area contributed by atoms with Gasteiger partial charge >= 0.3 is 6.18 Å². The first kappa shape index (κ1) is 29.5. The van der Waals surface area contributed by atoms with Crippen molar-refractivity contribution in [1.29, 1.82) is 0 Å². The van der Waals surface area contributed by atoms with Crippen LogP contribution in [0.25, 0.3) is 27.4 Å². The molecule has 0 saturated carbocycles. The Labute approximate surface area is 241 Å². The molecule has 1 saturated heterocycles. The predicted molar refractivity (Wildman–Crippen MR) is 149 cm³/mol. The average Bonchev–Trinajstić information content (AvgIpc) is 3.66. The van der Waals surface area contributed by atoms with E-state index in [4.69, 9.17) is 10.3 Å². The standard InChI is InChI=1S/C29H26F4N6O4/c1-3-5-15(4-2)16-6-9-21-20(10-16)25(26(34)41)36-39(21)14-24(40)38-13-18(30)12-22(38)28(42)35-27-19-8-7-17(29(31,32)33)11-23(19)43-37-27/h3-11,18,22H,12-14H2,1-2H3,(H2,34,41)(H,35,37,42)/b5-3-,15-4+. The van der Waals surface area contributed by atoms with Gasteiger partial charge in [-0.1, -0.05) is 29.5 Å². The summed E-state index contributed by atoms with van der Waals surface area (Å²) in [6, 6.07) is 6.65. The lowest BCUT2D eigenvalue weighted by Crippen LogP contribution is -2.44. The van der Waals surface area contributed by atoms with E-state index < -0.39 is 48.2 Å². The highest BCUT2D eigenvalue weighted by Crippen LogP contribution is 2.34. The molecule has 224 valence electrons. The number of halogens is 4. The van der Waals surface area contributed by atoms with Crippen molar-refractivity contribution in [3.8, 4) is 0 Å². The molecule has 2 aromatic carbocycles. The zero-order valence-corrected chi connectivity index (χ0v) is 23.0. The molecule has 0 radical (unpaired) electrons. The summed E-state index contributed by atoms with van der Waals surface area (Å²) in [7, 11) is 0. The second-order valence-electron chi connectivity index (χ2n) is 9.97. The van der Waals surface area contributed by atoms with E-state index in [9.17, 15) is 31.9 Å². The Hall–Kier alpha value is -5.01. The van der Waals surface area contributed by atoms with Crippen LogP contribution in [0.2, 0.25) is 0 Å². The van der Waals surface area contributed by atoms with Crippen molar-refractivity contribution in [2.45, 2.75) is 45.2 Å². The van der Waals surface area contributed by atoms with Gasteiger partial charge in [0.15, 0.2) is 17.1 Å². The lowest BCUT2D eigenvalue weighted by Gasteiger charge is -2.23. The van der Waals surface area contributed by atoms with Gasteiger partial charge in [0, 0.05) is 11.8 Å². The van der Waals surface area contributed by atoms with Crippen LogP contribution in [0.4, 0.5) is 23.4 Å². The van der Waals surface area contributed by atoms with Crippen molar-refractivity contribution >= 4 is 51.0 Å². The first-order chi connectivity index (χ1) is 20.4. The number of amides is 3. The Kier molecular flexibility index (Phi) is 7.78. The molecule has 1 aliphatic rings. The summed E-state index contributed by atoms with van der Waals surface area (Å²) in [4.78, 5) is 39.8. The van der Waals surface area contributed by atoms with Crippen LogP contribution in [0.1, 0.15) is 41.9 Å². The minimum atomic E-state index is -4.60. The van der Waals surface area contributed by atoms with Crippen LogP contribution in [-0.4, -0.2) is 56.3 Å². The maximum atomic E-state index is 14.5. The third kappa shape index (κ3) is 5.72. The smallest absolute Gasteiger partial charge is 0.364 e. The molecule has 1 aliphatic heterocycles. The predicted octanol–water partition coefficient (Wildman–Crippen LogP) is 4.85. The summed E-state index contributed by atoms with van der Waals surface area (Å²) in [5.74, 6) is -2.40. The summed E-state index contributed by atoms with van der Waals surface area (Å²) in [5.41, 5.74) is 6.48. The highest BCUT2D eigenvalue weighted by atomic mass is 19.4. The zero-order chi connectivity index (χ0) is 31.1. The number of benzene rings is 2. The van der Waals surface area contributed by atoms with Crippen LogP contribution < -0.4 is 11.1 Å². The van der Waals surface area contributed by atoms with Gasteiger partial charge in [0.2, 0.25) is 11.8 Å². The van der Waals surface area contributed by atoms with Crippen molar-refractivity contribution in [3.63, 3.8) is 0 Å². The summed E-state index contributed by atoms with van der Waals surface area (Å²) in [6.45, 7) is 2.95. The van der Waals surface area contributed by atoms with E-state index in [0.717, 1.165) is 34.2 Å². The topological polar surface area (TPSA) is 136 Å². The van der Waals surface area contributed by atoms with Gasteiger partial charge in [-0.15, -0.1) is 0 Å². The number of nitrogens with one attached hydrogen (secondary N) is 1. The number of nitrogens with two attached hydrogens (primary N) is 1. The maximum Gasteiger partial charge on any atom is 0.416 e. The minimum Gasteiger partial charge on any atom is -0.364 e. The maximum absolute atomic E-state index is 14.5. The van der Waals surface area contributed by atoms with Crippen molar-refractivity contribution in [3.05, 3.63) is 71.4 Å². The van der Waals surface area contributed by atoms with Gasteiger partial charge < -0.3 is 20.5 Å². The third-order valence-electron chi connectivity index (χ3n) is 7.17. The molecular weight excluding hydrogens is 572 g/mol. The van der Waals surface area contributed by atoms with E-state index in [2.05, 4.69) is 15.6 Å². The van der Waals surface area contributed by atoms with E-state index >= 15 is 0 Å². The number of anilines is 1. The molecule has 4 aromatic rings. The number of hydrogen-bond acceptors (Lipinski definition) is 6. The lowest BCUT2D eigenvalue weighted by molar-refractivity contribution is -0.137. The number of primary amides is 1. The minimum absolute atomic E-state index is 0.0498. The summed E-state index contributed by atoms with van der Waals surface area (Å²) >= 11 is 0. The summed E-state index contributed by atoms with van der Waals surface area (Å²) in [6.07, 6.45) is -0.760. The number of carbonyl (C=O) groups excluding carboxylic acids is 3. The third-order valence-corrected chi connectivity index (χ3v) is 7.17. The van der Waals surface area contributed by atoms with Crippen molar-refractivity contribution in [2.75, 3.05) is 11.9 Å². The van der Waals surface area contributed by atoms with Gasteiger partial charge in [-0.3, -0.25) is 19.1 Å². The van der Waals surface area contributed by atoms with E-state index in [0.29, 0.717) is 10.9 Å². The van der Waals surface area contributed by atoms with Crippen LogP contribution >= 0.6 is 0 Å². The molecule has 0 spiro atoms. The molecule has 3 amide bonds. The van der Waals surface area contributed by atoms with Gasteiger partial charge in [-0.25, -0.2) is 4.39 Å². The second-order valence-corrected chi connectivity index (χ2v) is 9.97. The molecule has 14 heteroatoms. The molecular formula is C29H26F4N6O4. The fourth-order valence-corrected chi connectivity index (χ4v) is 5.13. The first-order valence-corrected chi connectivity index (χ1v) is 13.2. The van der Waals surface area contributed by atoms with Gasteiger partial charge in [-0.05, 0) is 55.3 Å². The number of likely N-dealkylation sites (tertiary alicyclic amines) is 1. The molecule has 3 N–H and O–H groups in total. The fraction of sp³-hybridized carbons (Fsp3) is 0.276. The zero-order valence-electron chi connectivity index (χ0n) is 23.0. The fourth-order valence-electron chi connectivity index (χ4n) is 5.13. The van der Waals surface area contributed by atoms with E-state index in [-0.39, 0.29) is 35.4 Å². The highest BCUT2D eigenvalue weighted by molar-refractivity contribution is 6.06. The number of nitrogens with zero attached hydrogens (tertiary/aromatic N) is 4. The van der Waals surface area contributed by atoms with E-state index in [1.165, 1.54) is 4.68 Å². The second kappa shape index (κ2) is 11.3. The molecule has 2 atom stereocenters. The number of fused-ring (bicyclic) bond motifs is 2. The molecule has 0 bridgehead atoms. The Morgan fingerprint density at radius 3 is 2.58 bits per heavy atom. The lowest BCUT2D eigenvalue weighted by atomic mass is 10.0. The van der Waals surface area contributed by atoms with Gasteiger partial charge in [0.05, 0.1) is 23.0 Å². The quantitative estimate of drug-likeness (QED) is 0.231. The monoisotopic (exact) mass is 598 g/mol. The average molecular weight is 599 g/mol. The van der Waals surface area contributed by atoms with Crippen LogP contribution in [0, 0.1) is 0 Å². The molecule has 43 heavy (non-hydrogen) atoms. The first-order valence-electron chi connectivity index (χ1n) is 13.2. The molecule has 10 nitrogen and oxygen atoms in total. The van der Waals surface area contributed by atoms with Gasteiger partial charge in [-0.2, -0.15) is 18.3 Å². The number of hydrogen-bond donors (Lipinski definition) is 2. The number of allylic oxidation sites excluding steroid dienone is 4. The normalized spacial score (nSPS) is 17.8. The van der Waals surface area contributed by atoms with Crippen LogP contribution in [-0.2, 0) is 22.3 Å². The Morgan fingerprint density at radius 1 is 1.14 bits per heavy atom. The molecule has 2 unspecified atom stereocenters. The number of aromatic nitrogens is 3. The largest absolute Gasteiger partial charge is 0.416 e. The Balaban J connectivity index is 1.39. The number of carbonyl (C=O) groups is 3. The van der Waals surface area contributed by atoms with Crippen LogP contribution in [0.15, 0.2) is 59.1 Å². The van der Waals surface area contributed by atoms with Crippen molar-refractivity contribution in [1.82, 2.24) is 19.8 Å². The molecule has 3 heterocycles. The van der Waals surface area contributed by atoms with Gasteiger partial charge in [0.25, 0.3) is 5.91 Å². The van der Waals surface area contributed by atoms with Crippen LogP contribution in [0.5, 0.6) is 0 Å². The van der Waals surface area contributed by atoms with Crippen molar-refractivity contribution < 1.29 is 36.5 Å². The summed E-state index contributed by atoms with van der Waals surface area (Å²) in [5, 5.41) is 10.8. The van der Waals surface area contributed by atoms with E-state index in [1.807, 2.05) is 32.1 Å². The Morgan fingerprint density at radius 2 is 1.91 bits per heavy atom. The SMILES string of the molecule is C/C=C\C(=C/C)c1ccc2c(c1)c(C(N)=O)nn2CC(=O)N1CC(F)CC1C(=O)Nc1noc2cc(C(F)(F)F)ccc12.